The maximum absolute atomic E-state index is 12.0. The van der Waals surface area contributed by atoms with Crippen molar-refractivity contribution in [1.82, 2.24) is 9.88 Å². The molecule has 0 saturated heterocycles. The van der Waals surface area contributed by atoms with Gasteiger partial charge in [-0.15, -0.1) is 11.3 Å². The first-order chi connectivity index (χ1) is 11.1. The summed E-state index contributed by atoms with van der Waals surface area (Å²) in [7, 11) is 4.08. The van der Waals surface area contributed by atoms with Gasteiger partial charge in [0.25, 0.3) is 0 Å². The first-order valence-electron chi connectivity index (χ1n) is 7.74. The fourth-order valence-corrected chi connectivity index (χ4v) is 4.46. The van der Waals surface area contributed by atoms with Gasteiger partial charge in [0.05, 0.1) is 11.4 Å². The van der Waals surface area contributed by atoms with Gasteiger partial charge in [0.1, 0.15) is 0 Å². The molecule has 6 heteroatoms. The second-order valence-electron chi connectivity index (χ2n) is 5.85. The summed E-state index contributed by atoms with van der Waals surface area (Å²) >= 11 is 3.27. The van der Waals surface area contributed by atoms with Crippen LogP contribution in [0.5, 0.6) is 0 Å². The van der Waals surface area contributed by atoms with Crippen molar-refractivity contribution >= 4 is 34.1 Å². The van der Waals surface area contributed by atoms with Crippen LogP contribution in [0.4, 0.5) is 5.13 Å². The van der Waals surface area contributed by atoms with Crippen LogP contribution in [0, 0.1) is 0 Å². The number of nitrogens with one attached hydrogen (secondary N) is 1. The highest BCUT2D eigenvalue weighted by Crippen LogP contribution is 2.37. The standard InChI is InChI=1S/C17H21N3OS2/c1-20(2)9-10-22-11-15(21)18-17-19-16-13-6-4-3-5-12(13)7-8-14(16)23-17/h3-6H,7-11H2,1-2H3,(H,18,19,21). The van der Waals surface area contributed by atoms with Gasteiger partial charge < -0.3 is 10.2 Å². The number of anilines is 1. The molecule has 1 amide bonds. The zero-order valence-electron chi connectivity index (χ0n) is 13.5. The summed E-state index contributed by atoms with van der Waals surface area (Å²) in [6.07, 6.45) is 2.07. The molecule has 0 atom stereocenters. The molecule has 1 aromatic heterocycles. The molecule has 0 radical (unpaired) electrons. The van der Waals surface area contributed by atoms with Crippen LogP contribution in [0.15, 0.2) is 24.3 Å². The summed E-state index contributed by atoms with van der Waals surface area (Å²) in [5.41, 5.74) is 3.61. The summed E-state index contributed by atoms with van der Waals surface area (Å²) < 4.78 is 0. The van der Waals surface area contributed by atoms with Crippen LogP contribution < -0.4 is 5.32 Å². The maximum Gasteiger partial charge on any atom is 0.236 e. The average Bonchev–Trinajstić information content (AvgIpc) is 2.94. The molecule has 1 aliphatic rings. The molecule has 0 spiro atoms. The zero-order valence-corrected chi connectivity index (χ0v) is 15.1. The molecule has 0 saturated carbocycles. The molecule has 1 aliphatic carbocycles. The number of carbonyl (C=O) groups is 1. The Kier molecular flexibility index (Phi) is 5.35. The average molecular weight is 348 g/mol. The largest absolute Gasteiger partial charge is 0.309 e. The summed E-state index contributed by atoms with van der Waals surface area (Å²) in [5, 5.41) is 3.68. The fraction of sp³-hybridized carbons (Fsp3) is 0.412. The molecule has 1 heterocycles. The van der Waals surface area contributed by atoms with Crippen molar-refractivity contribution in [3.05, 3.63) is 34.7 Å². The molecule has 4 nitrogen and oxygen atoms in total. The van der Waals surface area contributed by atoms with Gasteiger partial charge in [-0.2, -0.15) is 11.8 Å². The number of thiazole rings is 1. The van der Waals surface area contributed by atoms with Crippen LogP contribution in [-0.4, -0.2) is 47.9 Å². The predicted octanol–water partition coefficient (Wildman–Crippen LogP) is 3.14. The van der Waals surface area contributed by atoms with E-state index in [-0.39, 0.29) is 5.91 Å². The van der Waals surface area contributed by atoms with Crippen molar-refractivity contribution in [1.29, 1.82) is 0 Å². The zero-order chi connectivity index (χ0) is 16.2. The van der Waals surface area contributed by atoms with Crippen molar-refractivity contribution in [2.45, 2.75) is 12.8 Å². The highest BCUT2D eigenvalue weighted by molar-refractivity contribution is 7.99. The minimum absolute atomic E-state index is 0.0353. The van der Waals surface area contributed by atoms with E-state index in [2.05, 4.69) is 33.4 Å². The quantitative estimate of drug-likeness (QED) is 0.816. The van der Waals surface area contributed by atoms with Crippen molar-refractivity contribution < 1.29 is 4.79 Å². The number of aryl methyl sites for hydroxylation is 2. The Labute approximate surface area is 145 Å². The molecule has 0 fully saturated rings. The normalized spacial score (nSPS) is 12.8. The number of benzene rings is 1. The Morgan fingerprint density at radius 1 is 1.35 bits per heavy atom. The van der Waals surface area contributed by atoms with Gasteiger partial charge in [-0.05, 0) is 32.5 Å². The molecule has 23 heavy (non-hydrogen) atoms. The van der Waals surface area contributed by atoms with E-state index >= 15 is 0 Å². The number of fused-ring (bicyclic) bond motifs is 3. The summed E-state index contributed by atoms with van der Waals surface area (Å²) in [6.45, 7) is 0.986. The third kappa shape index (κ3) is 4.13. The number of nitrogens with zero attached hydrogens (tertiary/aromatic N) is 2. The van der Waals surface area contributed by atoms with E-state index in [1.54, 1.807) is 23.1 Å². The Morgan fingerprint density at radius 3 is 3.00 bits per heavy atom. The van der Waals surface area contributed by atoms with E-state index in [0.717, 1.165) is 36.0 Å². The van der Waals surface area contributed by atoms with Crippen LogP contribution in [-0.2, 0) is 17.6 Å². The third-order valence-electron chi connectivity index (χ3n) is 3.75. The highest BCUT2D eigenvalue weighted by atomic mass is 32.2. The number of rotatable bonds is 6. The molecular formula is C17H21N3OS2. The number of hydrogen-bond acceptors (Lipinski definition) is 5. The van der Waals surface area contributed by atoms with Crippen molar-refractivity contribution in [2.24, 2.45) is 0 Å². The number of aromatic nitrogens is 1. The lowest BCUT2D eigenvalue weighted by atomic mass is 9.94. The van der Waals surface area contributed by atoms with Gasteiger partial charge in [0.2, 0.25) is 5.91 Å². The van der Waals surface area contributed by atoms with Gasteiger partial charge in [-0.3, -0.25) is 4.79 Å². The van der Waals surface area contributed by atoms with Crippen molar-refractivity contribution in [3.63, 3.8) is 0 Å². The predicted molar refractivity (Wildman–Crippen MR) is 99.5 cm³/mol. The fourth-order valence-electron chi connectivity index (χ4n) is 2.57. The second kappa shape index (κ2) is 7.47. The maximum atomic E-state index is 12.0. The van der Waals surface area contributed by atoms with Crippen LogP contribution in [0.2, 0.25) is 0 Å². The monoisotopic (exact) mass is 347 g/mol. The Morgan fingerprint density at radius 2 is 2.17 bits per heavy atom. The minimum Gasteiger partial charge on any atom is -0.309 e. The lowest BCUT2D eigenvalue weighted by Crippen LogP contribution is -2.18. The smallest absolute Gasteiger partial charge is 0.236 e. The van der Waals surface area contributed by atoms with Crippen LogP contribution in [0.25, 0.3) is 11.3 Å². The van der Waals surface area contributed by atoms with E-state index in [4.69, 9.17) is 0 Å². The van der Waals surface area contributed by atoms with Crippen molar-refractivity contribution in [3.8, 4) is 11.3 Å². The molecule has 1 aromatic carbocycles. The van der Waals surface area contributed by atoms with Gasteiger partial charge >= 0.3 is 0 Å². The van der Waals surface area contributed by atoms with E-state index in [0.29, 0.717) is 5.75 Å². The Balaban J connectivity index is 1.61. The first kappa shape index (κ1) is 16.5. The summed E-state index contributed by atoms with van der Waals surface area (Å²) in [5.74, 6) is 1.48. The summed E-state index contributed by atoms with van der Waals surface area (Å²) in [4.78, 5) is 20.1. The van der Waals surface area contributed by atoms with Gasteiger partial charge in [-0.25, -0.2) is 4.98 Å². The van der Waals surface area contributed by atoms with Gasteiger partial charge in [0.15, 0.2) is 5.13 Å². The molecule has 0 bridgehead atoms. The molecule has 2 aromatic rings. The van der Waals surface area contributed by atoms with Gasteiger partial charge in [0, 0.05) is 22.7 Å². The number of carbonyl (C=O) groups excluding carboxylic acids is 1. The molecule has 122 valence electrons. The third-order valence-corrected chi connectivity index (χ3v) is 5.72. The van der Waals surface area contributed by atoms with Crippen LogP contribution >= 0.6 is 23.1 Å². The van der Waals surface area contributed by atoms with E-state index in [9.17, 15) is 4.79 Å². The van der Waals surface area contributed by atoms with Crippen LogP contribution in [0.3, 0.4) is 0 Å². The summed E-state index contributed by atoms with van der Waals surface area (Å²) in [6, 6.07) is 8.41. The van der Waals surface area contributed by atoms with E-state index in [1.807, 2.05) is 20.2 Å². The van der Waals surface area contributed by atoms with Crippen molar-refractivity contribution in [2.75, 3.05) is 37.5 Å². The topological polar surface area (TPSA) is 45.2 Å². The van der Waals surface area contributed by atoms with Crippen LogP contribution in [0.1, 0.15) is 10.4 Å². The first-order valence-corrected chi connectivity index (χ1v) is 9.71. The molecule has 1 N–H and O–H groups in total. The lowest BCUT2D eigenvalue weighted by molar-refractivity contribution is -0.113. The molecular weight excluding hydrogens is 326 g/mol. The lowest BCUT2D eigenvalue weighted by Gasteiger charge is -2.13. The molecule has 0 aliphatic heterocycles. The van der Waals surface area contributed by atoms with E-state index < -0.39 is 0 Å². The number of thioether (sulfide) groups is 1. The molecule has 0 unspecified atom stereocenters. The number of amides is 1. The van der Waals surface area contributed by atoms with Gasteiger partial charge in [-0.1, -0.05) is 24.3 Å². The number of hydrogen-bond donors (Lipinski definition) is 1. The second-order valence-corrected chi connectivity index (χ2v) is 8.04. The highest BCUT2D eigenvalue weighted by Gasteiger charge is 2.21. The molecule has 3 rings (SSSR count). The SMILES string of the molecule is CN(C)CCSCC(=O)Nc1nc2c(s1)CCc1ccccc1-2. The Bertz CT molecular complexity index is 697. The Hall–Kier alpha value is -1.37. The minimum atomic E-state index is 0.0353. The van der Waals surface area contributed by atoms with E-state index in [1.165, 1.54) is 16.0 Å².